The number of aryl methyl sites for hydroxylation is 1. The number of carbonyl (C=O) groups is 1. The third-order valence-electron chi connectivity index (χ3n) is 3.92. The first-order chi connectivity index (χ1) is 11.9. The topological polar surface area (TPSA) is 55.0 Å². The summed E-state index contributed by atoms with van der Waals surface area (Å²) in [6, 6.07) is 6.05. The molecule has 0 aliphatic heterocycles. The lowest BCUT2D eigenvalue weighted by atomic mass is 10.1. The highest BCUT2D eigenvalue weighted by atomic mass is 35.5. The van der Waals surface area contributed by atoms with Crippen LogP contribution in [0.25, 0.3) is 21.5 Å². The molecule has 0 saturated heterocycles. The van der Waals surface area contributed by atoms with Crippen molar-refractivity contribution in [2.45, 2.75) is 34.1 Å². The average molecular weight is 377 g/mol. The van der Waals surface area contributed by atoms with E-state index in [2.05, 4.69) is 23.8 Å². The lowest BCUT2D eigenvalue weighted by Gasteiger charge is -2.01. The largest absolute Gasteiger partial charge is 0.462 e. The molecule has 4 nitrogen and oxygen atoms in total. The summed E-state index contributed by atoms with van der Waals surface area (Å²) in [7, 11) is 0. The Labute approximate surface area is 156 Å². The van der Waals surface area contributed by atoms with Crippen molar-refractivity contribution in [1.29, 1.82) is 0 Å². The molecule has 0 aliphatic rings. The van der Waals surface area contributed by atoms with Gasteiger partial charge >= 0.3 is 5.97 Å². The number of halogens is 1. The Balaban J connectivity index is 2.01. The molecule has 0 saturated carbocycles. The number of H-pyrrole nitrogens is 1. The number of ether oxygens (including phenoxy) is 1. The number of nitrogens with one attached hydrogen (secondary N) is 1. The third kappa shape index (κ3) is 3.58. The summed E-state index contributed by atoms with van der Waals surface area (Å²) < 4.78 is 5.09. The summed E-state index contributed by atoms with van der Waals surface area (Å²) in [6.45, 7) is 8.32. The molecule has 0 fully saturated rings. The third-order valence-corrected chi connectivity index (χ3v) is 5.54. The lowest BCUT2D eigenvalue weighted by molar-refractivity contribution is 0.0531. The van der Waals surface area contributed by atoms with Crippen LogP contribution in [0.3, 0.4) is 0 Å². The Morgan fingerprint density at radius 1 is 1.40 bits per heavy atom. The highest BCUT2D eigenvalue weighted by molar-refractivity contribution is 7.17. The van der Waals surface area contributed by atoms with Crippen LogP contribution in [0.4, 0.5) is 0 Å². The summed E-state index contributed by atoms with van der Waals surface area (Å²) >= 11 is 7.92. The molecule has 132 valence electrons. The molecule has 0 bridgehead atoms. The zero-order valence-electron chi connectivity index (χ0n) is 14.8. The first kappa shape index (κ1) is 18.0. The minimum absolute atomic E-state index is 0.316. The molecule has 3 rings (SSSR count). The predicted molar refractivity (Wildman–Crippen MR) is 104 cm³/mol. The van der Waals surface area contributed by atoms with Gasteiger partial charge in [0.2, 0.25) is 0 Å². The number of esters is 1. The molecule has 0 radical (unpaired) electrons. The average Bonchev–Trinajstić information content (AvgIpc) is 3.08. The van der Waals surface area contributed by atoms with Gasteiger partial charge in [-0.15, -0.1) is 11.3 Å². The zero-order valence-corrected chi connectivity index (χ0v) is 16.3. The number of fused-ring (bicyclic) bond motifs is 1. The maximum Gasteiger partial charge on any atom is 0.350 e. The van der Waals surface area contributed by atoms with Crippen molar-refractivity contribution in [2.75, 3.05) is 6.61 Å². The number of hydrogen-bond donors (Lipinski definition) is 1. The molecule has 1 N–H and O–H groups in total. The SMILES string of the molecule is CCOC(=O)c1sc(-c2ccc3[nH]c(CC(C)C)c(Cl)c3c2)nc1C. The molecule has 3 aromatic rings. The van der Waals surface area contributed by atoms with Crippen molar-refractivity contribution in [3.05, 3.63) is 39.5 Å². The molecule has 0 unspecified atom stereocenters. The minimum atomic E-state index is -0.316. The van der Waals surface area contributed by atoms with Gasteiger partial charge in [0.25, 0.3) is 0 Å². The van der Waals surface area contributed by atoms with E-state index in [0.717, 1.165) is 38.6 Å². The Kier molecular flexibility index (Phi) is 5.16. The van der Waals surface area contributed by atoms with Crippen LogP contribution >= 0.6 is 22.9 Å². The van der Waals surface area contributed by atoms with Crippen LogP contribution < -0.4 is 0 Å². The van der Waals surface area contributed by atoms with Gasteiger partial charge in [-0.25, -0.2) is 9.78 Å². The van der Waals surface area contributed by atoms with Crippen LogP contribution in [0.1, 0.15) is 41.8 Å². The second-order valence-corrected chi connectivity index (χ2v) is 7.81. The monoisotopic (exact) mass is 376 g/mol. The molecule has 0 amide bonds. The van der Waals surface area contributed by atoms with Crippen LogP contribution in [-0.2, 0) is 11.2 Å². The summed E-state index contributed by atoms with van der Waals surface area (Å²) in [4.78, 5) is 20.5. The number of carbonyl (C=O) groups excluding carboxylic acids is 1. The van der Waals surface area contributed by atoms with Gasteiger partial charge in [-0.3, -0.25) is 0 Å². The maximum absolute atomic E-state index is 12.0. The molecule has 0 aliphatic carbocycles. The zero-order chi connectivity index (χ0) is 18.1. The molecule has 2 heterocycles. The molecule has 1 aromatic carbocycles. The molecule has 0 atom stereocenters. The van der Waals surface area contributed by atoms with Crippen molar-refractivity contribution in [1.82, 2.24) is 9.97 Å². The molecule has 25 heavy (non-hydrogen) atoms. The fourth-order valence-electron chi connectivity index (χ4n) is 2.80. The number of aromatic nitrogens is 2. The summed E-state index contributed by atoms with van der Waals surface area (Å²) in [5, 5.41) is 2.55. The Hall–Kier alpha value is -1.85. The maximum atomic E-state index is 12.0. The molecule has 2 aromatic heterocycles. The summed E-state index contributed by atoms with van der Waals surface area (Å²) in [6.07, 6.45) is 0.909. The van der Waals surface area contributed by atoms with Crippen LogP contribution in [0, 0.1) is 12.8 Å². The van der Waals surface area contributed by atoms with Gasteiger partial charge in [0.1, 0.15) is 9.88 Å². The van der Waals surface area contributed by atoms with E-state index in [1.807, 2.05) is 25.1 Å². The molecular formula is C19H21ClN2O2S. The van der Waals surface area contributed by atoms with Crippen molar-refractivity contribution < 1.29 is 9.53 Å². The van der Waals surface area contributed by atoms with E-state index in [-0.39, 0.29) is 5.97 Å². The van der Waals surface area contributed by atoms with Gasteiger partial charge in [-0.05, 0) is 44.4 Å². The Bertz CT molecular complexity index is 927. The van der Waals surface area contributed by atoms with Gasteiger partial charge in [-0.1, -0.05) is 25.4 Å². The van der Waals surface area contributed by atoms with Crippen LogP contribution in [0.2, 0.25) is 5.02 Å². The van der Waals surface area contributed by atoms with E-state index >= 15 is 0 Å². The minimum Gasteiger partial charge on any atom is -0.462 e. The number of aromatic amines is 1. The van der Waals surface area contributed by atoms with Gasteiger partial charge < -0.3 is 9.72 Å². The normalized spacial score (nSPS) is 11.4. The smallest absolute Gasteiger partial charge is 0.350 e. The quantitative estimate of drug-likeness (QED) is 0.587. The Morgan fingerprint density at radius 2 is 2.16 bits per heavy atom. The summed E-state index contributed by atoms with van der Waals surface area (Å²) in [5.74, 6) is 0.211. The van der Waals surface area contributed by atoms with E-state index in [1.54, 1.807) is 6.92 Å². The molecular weight excluding hydrogens is 356 g/mol. The predicted octanol–water partition coefficient (Wildman–Crippen LogP) is 5.63. The second-order valence-electron chi connectivity index (χ2n) is 6.43. The number of benzene rings is 1. The number of hydrogen-bond acceptors (Lipinski definition) is 4. The van der Waals surface area contributed by atoms with Crippen molar-refractivity contribution >= 4 is 39.8 Å². The van der Waals surface area contributed by atoms with Crippen LogP contribution in [0.15, 0.2) is 18.2 Å². The fraction of sp³-hybridized carbons (Fsp3) is 0.368. The first-order valence-corrected chi connectivity index (χ1v) is 9.55. The van der Waals surface area contributed by atoms with Crippen molar-refractivity contribution in [2.24, 2.45) is 5.92 Å². The number of nitrogens with zero attached hydrogens (tertiary/aromatic N) is 1. The molecule has 0 spiro atoms. The van der Waals surface area contributed by atoms with Gasteiger partial charge in [0.15, 0.2) is 0 Å². The second kappa shape index (κ2) is 7.18. The van der Waals surface area contributed by atoms with Gasteiger partial charge in [0, 0.05) is 22.2 Å². The summed E-state index contributed by atoms with van der Waals surface area (Å²) in [5.41, 5.74) is 3.72. The highest BCUT2D eigenvalue weighted by Crippen LogP contribution is 2.34. The van der Waals surface area contributed by atoms with Gasteiger partial charge in [-0.2, -0.15) is 0 Å². The lowest BCUT2D eigenvalue weighted by Crippen LogP contribution is -2.03. The van der Waals surface area contributed by atoms with Crippen LogP contribution in [0.5, 0.6) is 0 Å². The Morgan fingerprint density at radius 3 is 2.84 bits per heavy atom. The first-order valence-electron chi connectivity index (χ1n) is 8.35. The van der Waals surface area contributed by atoms with Gasteiger partial charge in [0.05, 0.1) is 17.3 Å². The van der Waals surface area contributed by atoms with Crippen LogP contribution in [-0.4, -0.2) is 22.5 Å². The van der Waals surface area contributed by atoms with E-state index in [9.17, 15) is 4.79 Å². The van der Waals surface area contributed by atoms with E-state index < -0.39 is 0 Å². The van der Waals surface area contributed by atoms with Crippen molar-refractivity contribution in [3.8, 4) is 10.6 Å². The van der Waals surface area contributed by atoms with E-state index in [0.29, 0.717) is 23.1 Å². The van der Waals surface area contributed by atoms with Crippen molar-refractivity contribution in [3.63, 3.8) is 0 Å². The standard InChI is InChI=1S/C19H21ClN2O2S/c1-5-24-19(23)17-11(4)21-18(25-17)12-6-7-14-13(9-12)16(20)15(22-14)8-10(2)3/h6-7,9-10,22H,5,8H2,1-4H3. The van der Waals surface area contributed by atoms with E-state index in [4.69, 9.17) is 16.3 Å². The fourth-order valence-corrected chi connectivity index (χ4v) is 4.04. The molecule has 6 heteroatoms. The van der Waals surface area contributed by atoms with E-state index in [1.165, 1.54) is 11.3 Å². The highest BCUT2D eigenvalue weighted by Gasteiger charge is 2.18. The number of thiazole rings is 1. The number of rotatable bonds is 5.